The summed E-state index contributed by atoms with van der Waals surface area (Å²) in [5.74, 6) is 0.297. The molecule has 0 saturated carbocycles. The number of nitrogens with zero attached hydrogens (tertiary/aromatic N) is 6. The molecular weight excluding hydrogens is 342 g/mol. The van der Waals surface area contributed by atoms with Crippen molar-refractivity contribution in [2.24, 2.45) is 27.9 Å². The maximum absolute atomic E-state index is 5.88. The van der Waals surface area contributed by atoms with Crippen molar-refractivity contribution in [3.05, 3.63) is 36.7 Å². The Labute approximate surface area is 157 Å². The molecule has 0 radical (unpaired) electrons. The number of rotatable bonds is 4. The average Bonchev–Trinajstić information content (AvgIpc) is 3.42. The monoisotopic (exact) mass is 365 g/mol. The van der Waals surface area contributed by atoms with Crippen molar-refractivity contribution in [3.8, 4) is 11.1 Å². The molecule has 3 heterocycles. The quantitative estimate of drug-likeness (QED) is 0.541. The third-order valence-electron chi connectivity index (χ3n) is 4.55. The Bertz CT molecular complexity index is 872. The molecule has 1 aromatic heterocycles. The zero-order chi connectivity index (χ0) is 18.6. The predicted octanol–water partition coefficient (Wildman–Crippen LogP) is 0.515. The van der Waals surface area contributed by atoms with E-state index in [1.54, 1.807) is 10.9 Å². The molecule has 0 amide bonds. The molecule has 1 fully saturated rings. The highest BCUT2D eigenvalue weighted by atomic mass is 15.7. The normalized spacial score (nSPS) is 20.3. The van der Waals surface area contributed by atoms with E-state index in [9.17, 15) is 0 Å². The number of hydrazine groups is 1. The van der Waals surface area contributed by atoms with Gasteiger partial charge in [0.25, 0.3) is 0 Å². The Balaban J connectivity index is 1.35. The van der Waals surface area contributed by atoms with Crippen LogP contribution >= 0.6 is 0 Å². The molecule has 1 unspecified atom stereocenters. The number of hydrogen-bond acceptors (Lipinski definition) is 6. The minimum absolute atomic E-state index is 0.223. The molecular formula is C18H23N9. The molecule has 9 heteroatoms. The SMILES string of the molecule is Cn1cc(-c2ccc(N3CC(C=NC(N)=NC4CCNC4)=NN3)cc2)cn1. The van der Waals surface area contributed by atoms with Crippen LogP contribution in [0.1, 0.15) is 6.42 Å². The number of aliphatic imine (C=N–C) groups is 2. The lowest BCUT2D eigenvalue weighted by Crippen LogP contribution is -2.31. The summed E-state index contributed by atoms with van der Waals surface area (Å²) in [4.78, 5) is 8.61. The van der Waals surface area contributed by atoms with E-state index in [1.807, 2.05) is 36.6 Å². The van der Waals surface area contributed by atoms with Crippen molar-refractivity contribution in [2.45, 2.75) is 12.5 Å². The van der Waals surface area contributed by atoms with E-state index in [1.165, 1.54) is 0 Å². The van der Waals surface area contributed by atoms with Crippen LogP contribution in [0.3, 0.4) is 0 Å². The van der Waals surface area contributed by atoms with Gasteiger partial charge in [-0.25, -0.2) is 15.5 Å². The number of nitrogens with one attached hydrogen (secondary N) is 2. The van der Waals surface area contributed by atoms with E-state index in [4.69, 9.17) is 5.73 Å². The minimum Gasteiger partial charge on any atom is -0.368 e. The Morgan fingerprint density at radius 2 is 2.15 bits per heavy atom. The zero-order valence-electron chi connectivity index (χ0n) is 15.2. The van der Waals surface area contributed by atoms with Gasteiger partial charge in [-0.2, -0.15) is 10.2 Å². The average molecular weight is 365 g/mol. The summed E-state index contributed by atoms with van der Waals surface area (Å²) in [5.41, 5.74) is 12.9. The smallest absolute Gasteiger partial charge is 0.215 e. The lowest BCUT2D eigenvalue weighted by atomic mass is 10.1. The number of nitrogens with two attached hydrogens (primary N) is 1. The summed E-state index contributed by atoms with van der Waals surface area (Å²) >= 11 is 0. The molecule has 9 nitrogen and oxygen atoms in total. The van der Waals surface area contributed by atoms with Gasteiger partial charge in [-0.3, -0.25) is 9.69 Å². The first-order valence-corrected chi connectivity index (χ1v) is 8.94. The molecule has 2 aliphatic heterocycles. The molecule has 0 bridgehead atoms. The Morgan fingerprint density at radius 3 is 2.85 bits per heavy atom. The van der Waals surface area contributed by atoms with Crippen LogP contribution in [0.2, 0.25) is 0 Å². The molecule has 27 heavy (non-hydrogen) atoms. The zero-order valence-corrected chi connectivity index (χ0v) is 15.2. The van der Waals surface area contributed by atoms with Crippen molar-refractivity contribution in [3.63, 3.8) is 0 Å². The second kappa shape index (κ2) is 7.58. The number of aryl methyl sites for hydroxylation is 1. The second-order valence-electron chi connectivity index (χ2n) is 6.63. The highest BCUT2D eigenvalue weighted by Crippen LogP contribution is 2.22. The van der Waals surface area contributed by atoms with Gasteiger partial charge in [0.1, 0.15) is 5.71 Å². The van der Waals surface area contributed by atoms with Crippen LogP contribution < -0.4 is 21.6 Å². The first kappa shape index (κ1) is 17.2. The molecule has 0 spiro atoms. The van der Waals surface area contributed by atoms with Crippen LogP contribution in [0.5, 0.6) is 0 Å². The van der Waals surface area contributed by atoms with E-state index in [0.29, 0.717) is 12.5 Å². The third-order valence-corrected chi connectivity index (χ3v) is 4.55. The van der Waals surface area contributed by atoms with E-state index in [-0.39, 0.29) is 6.04 Å². The van der Waals surface area contributed by atoms with E-state index < -0.39 is 0 Å². The summed E-state index contributed by atoms with van der Waals surface area (Å²) in [5, 5.41) is 13.7. The van der Waals surface area contributed by atoms with Gasteiger partial charge in [0.15, 0.2) is 0 Å². The number of aromatic nitrogens is 2. The van der Waals surface area contributed by atoms with Crippen LogP contribution in [0.25, 0.3) is 11.1 Å². The highest BCUT2D eigenvalue weighted by Gasteiger charge is 2.16. The Kier molecular flexibility index (Phi) is 4.84. The van der Waals surface area contributed by atoms with Gasteiger partial charge in [-0.05, 0) is 30.7 Å². The van der Waals surface area contributed by atoms with Crippen molar-refractivity contribution in [2.75, 3.05) is 24.6 Å². The molecule has 2 aliphatic rings. The minimum atomic E-state index is 0.223. The van der Waals surface area contributed by atoms with Gasteiger partial charge < -0.3 is 11.1 Å². The van der Waals surface area contributed by atoms with Gasteiger partial charge in [0, 0.05) is 25.4 Å². The number of hydrazone groups is 1. The van der Waals surface area contributed by atoms with E-state index in [0.717, 1.165) is 42.0 Å². The van der Waals surface area contributed by atoms with Crippen LogP contribution in [-0.2, 0) is 7.05 Å². The van der Waals surface area contributed by atoms with Gasteiger partial charge in [-0.15, -0.1) is 0 Å². The fourth-order valence-corrected chi connectivity index (χ4v) is 3.09. The molecule has 140 valence electrons. The number of anilines is 1. The second-order valence-corrected chi connectivity index (χ2v) is 6.63. The maximum atomic E-state index is 5.88. The highest BCUT2D eigenvalue weighted by molar-refractivity contribution is 6.34. The Hall–Kier alpha value is -3.20. The topological polar surface area (TPSA) is 108 Å². The summed E-state index contributed by atoms with van der Waals surface area (Å²) in [7, 11) is 1.91. The predicted molar refractivity (Wildman–Crippen MR) is 108 cm³/mol. The first-order valence-electron chi connectivity index (χ1n) is 8.94. The molecule has 4 N–H and O–H groups in total. The van der Waals surface area contributed by atoms with Crippen molar-refractivity contribution in [1.29, 1.82) is 0 Å². The molecule has 2 aromatic rings. The molecule has 4 rings (SSSR count). The molecule has 0 aliphatic carbocycles. The fraction of sp³-hybridized carbons (Fsp3) is 0.333. The number of guanidine groups is 1. The summed E-state index contributed by atoms with van der Waals surface area (Å²) < 4.78 is 1.79. The van der Waals surface area contributed by atoms with Gasteiger partial charge in [0.2, 0.25) is 5.96 Å². The summed E-state index contributed by atoms with van der Waals surface area (Å²) in [6.07, 6.45) is 6.52. The van der Waals surface area contributed by atoms with Crippen LogP contribution in [0.15, 0.2) is 51.7 Å². The van der Waals surface area contributed by atoms with Crippen molar-refractivity contribution < 1.29 is 0 Å². The summed E-state index contributed by atoms with van der Waals surface area (Å²) in [6.45, 7) is 2.45. The number of hydrogen-bond donors (Lipinski definition) is 3. The van der Waals surface area contributed by atoms with Crippen LogP contribution in [-0.4, -0.2) is 53.3 Å². The summed E-state index contributed by atoms with van der Waals surface area (Å²) in [6, 6.07) is 8.46. The standard InChI is InChI=1S/C18H23N9/c1-26-11-14(8-22-26)13-2-4-17(5-3-13)27-12-16(24-25-27)10-21-18(19)23-15-6-7-20-9-15/h2-5,8,10-11,15,20,25H,6-7,9,12H2,1H3,(H2,19,23). The van der Waals surface area contributed by atoms with E-state index in [2.05, 4.69) is 43.2 Å². The van der Waals surface area contributed by atoms with Gasteiger partial charge in [-0.1, -0.05) is 12.1 Å². The van der Waals surface area contributed by atoms with Gasteiger partial charge in [0.05, 0.1) is 30.7 Å². The van der Waals surface area contributed by atoms with Crippen molar-refractivity contribution in [1.82, 2.24) is 20.6 Å². The number of benzene rings is 1. The lowest BCUT2D eigenvalue weighted by molar-refractivity contribution is 0.742. The molecule has 1 aromatic carbocycles. The largest absolute Gasteiger partial charge is 0.368 e. The van der Waals surface area contributed by atoms with Gasteiger partial charge >= 0.3 is 0 Å². The molecule has 1 atom stereocenters. The maximum Gasteiger partial charge on any atom is 0.215 e. The van der Waals surface area contributed by atoms with Crippen LogP contribution in [0.4, 0.5) is 5.69 Å². The Morgan fingerprint density at radius 1 is 1.30 bits per heavy atom. The fourth-order valence-electron chi connectivity index (χ4n) is 3.09. The van der Waals surface area contributed by atoms with E-state index >= 15 is 0 Å². The third kappa shape index (κ3) is 4.14. The lowest BCUT2D eigenvalue weighted by Gasteiger charge is -2.17. The van der Waals surface area contributed by atoms with Crippen molar-refractivity contribution >= 4 is 23.6 Å². The first-order chi connectivity index (χ1) is 13.2. The molecule has 1 saturated heterocycles. The van der Waals surface area contributed by atoms with Crippen LogP contribution in [0, 0.1) is 0 Å².